The Hall–Kier alpha value is -2.19. The quantitative estimate of drug-likeness (QED) is 0.155. The van der Waals surface area contributed by atoms with Crippen LogP contribution in [0.25, 0.3) is 34.4 Å². The van der Waals surface area contributed by atoms with Crippen molar-refractivity contribution in [3.63, 3.8) is 0 Å². The van der Waals surface area contributed by atoms with Crippen LogP contribution in [-0.4, -0.2) is 0 Å². The van der Waals surface area contributed by atoms with Gasteiger partial charge in [0.25, 0.3) is 0 Å². The van der Waals surface area contributed by atoms with Gasteiger partial charge in [0.05, 0.1) is 0 Å². The summed E-state index contributed by atoms with van der Waals surface area (Å²) in [5.74, 6) is 0. The number of halogens is 2. The molecule has 0 amide bonds. The molecule has 0 bridgehead atoms. The Bertz CT molecular complexity index is 1850. The second kappa shape index (κ2) is 15.4. The first-order chi connectivity index (χ1) is 24.5. The summed E-state index contributed by atoms with van der Waals surface area (Å²) in [6.45, 7) is 18.8. The van der Waals surface area contributed by atoms with Crippen LogP contribution in [0.5, 0.6) is 0 Å². The van der Waals surface area contributed by atoms with Crippen molar-refractivity contribution in [2.75, 3.05) is 0 Å². The smallest absolute Gasteiger partial charge is 1.00 e. The van der Waals surface area contributed by atoms with E-state index in [9.17, 15) is 0 Å². The van der Waals surface area contributed by atoms with Crippen molar-refractivity contribution in [3.8, 4) is 22.3 Å². The summed E-state index contributed by atoms with van der Waals surface area (Å²) in [5.41, 5.74) is 19.0. The van der Waals surface area contributed by atoms with Gasteiger partial charge in [-0.15, -0.1) is 0 Å². The van der Waals surface area contributed by atoms with Crippen molar-refractivity contribution in [1.82, 2.24) is 0 Å². The average Bonchev–Trinajstić information content (AvgIpc) is 3.38. The van der Waals surface area contributed by atoms with Gasteiger partial charge in [-0.3, -0.25) is 0 Å². The first-order valence-electron chi connectivity index (χ1n) is 20.4. The third-order valence-corrected chi connectivity index (χ3v) is 38.3. The van der Waals surface area contributed by atoms with Crippen molar-refractivity contribution < 1.29 is 44.8 Å². The second-order valence-corrected chi connectivity index (χ2v) is 35.2. The number of allylic oxidation sites excluding steroid dienone is 2. The second-order valence-electron chi connectivity index (χ2n) is 18.6. The molecule has 4 aromatic carbocycles. The number of hydrogen-bond donors (Lipinski definition) is 0. The Morgan fingerprint density at radius 1 is 0.528 bits per heavy atom. The van der Waals surface area contributed by atoms with Gasteiger partial charge in [-0.2, -0.15) is 0 Å². The van der Waals surface area contributed by atoms with Crippen LogP contribution in [0, 0.1) is 0 Å². The summed E-state index contributed by atoms with van der Waals surface area (Å²) in [4.78, 5) is 0. The minimum Gasteiger partial charge on any atom is -1.00 e. The van der Waals surface area contributed by atoms with Gasteiger partial charge in [0.15, 0.2) is 0 Å². The van der Waals surface area contributed by atoms with E-state index in [0.29, 0.717) is 7.35 Å². The Kier molecular flexibility index (Phi) is 11.8. The topological polar surface area (TPSA) is 0 Å². The number of fused-ring (bicyclic) bond motifs is 3. The molecule has 1 saturated carbocycles. The summed E-state index contributed by atoms with van der Waals surface area (Å²) >= 11 is -3.25. The molecular weight excluding hydrogens is 850 g/mol. The van der Waals surface area contributed by atoms with Gasteiger partial charge in [-0.25, -0.2) is 0 Å². The van der Waals surface area contributed by atoms with Gasteiger partial charge in [0.2, 0.25) is 0 Å². The summed E-state index contributed by atoms with van der Waals surface area (Å²) in [5, 5.41) is 0. The maximum absolute atomic E-state index is 3.25. The normalized spacial score (nSPS) is 23.0. The van der Waals surface area contributed by atoms with Crippen LogP contribution in [0.2, 0.25) is 7.35 Å². The summed E-state index contributed by atoms with van der Waals surface area (Å²) in [7, 11) is 0. The monoisotopic (exact) mass is 910 g/mol. The number of benzene rings is 4. The maximum Gasteiger partial charge on any atom is -1.00 e. The van der Waals surface area contributed by atoms with Crippen LogP contribution in [0.3, 0.4) is 0 Å². The fraction of sp³-hybridized carbons (Fsp3) is 0.440. The minimum absolute atomic E-state index is 0. The zero-order chi connectivity index (χ0) is 35.7. The molecule has 278 valence electrons. The van der Waals surface area contributed by atoms with E-state index >= 15 is 0 Å². The predicted octanol–water partition coefficient (Wildman–Crippen LogP) is 9.12. The average molecular weight is 910 g/mol. The van der Waals surface area contributed by atoms with Crippen molar-refractivity contribution >= 4 is 12.2 Å². The molecule has 1 saturated heterocycles. The zero-order valence-electron chi connectivity index (χ0n) is 33.5. The molecule has 0 spiro atoms. The van der Waals surface area contributed by atoms with Crippen LogP contribution in [0.4, 0.5) is 0 Å². The fourth-order valence-electron chi connectivity index (χ4n) is 11.2. The predicted molar refractivity (Wildman–Crippen MR) is 218 cm³/mol. The molecule has 0 N–H and O–H groups in total. The van der Waals surface area contributed by atoms with Crippen LogP contribution >= 0.6 is 0 Å². The minimum atomic E-state index is -3.25. The van der Waals surface area contributed by atoms with Crippen LogP contribution in [0.1, 0.15) is 147 Å². The Labute approximate surface area is 338 Å². The molecule has 1 aliphatic heterocycles. The van der Waals surface area contributed by atoms with E-state index in [-0.39, 0.29) is 35.6 Å². The maximum atomic E-state index is 2.73. The molecule has 4 atom stereocenters. The van der Waals surface area contributed by atoms with E-state index in [1.54, 1.807) is 33.4 Å². The fourth-order valence-corrected chi connectivity index (χ4v) is 46.6. The Morgan fingerprint density at radius 2 is 0.906 bits per heavy atom. The zero-order valence-corrected chi connectivity index (χ0v) is 38.6. The first-order valence-corrected chi connectivity index (χ1v) is 28.7. The first kappa shape index (κ1) is 40.5. The third-order valence-electron chi connectivity index (χ3n) is 13.4. The van der Waals surface area contributed by atoms with Crippen molar-refractivity contribution in [2.24, 2.45) is 0 Å². The van der Waals surface area contributed by atoms with Crippen LogP contribution in [0.15, 0.2) is 96.1 Å². The van der Waals surface area contributed by atoms with Gasteiger partial charge < -0.3 is 24.8 Å². The molecule has 3 heteroatoms. The van der Waals surface area contributed by atoms with Crippen molar-refractivity contribution in [2.45, 2.75) is 132 Å². The van der Waals surface area contributed by atoms with Gasteiger partial charge in [-0.05, 0) is 0 Å². The SMILES string of the molecule is CCCC1=Cc2c(-c3ccc(C(C)(C)C)cc3)cccc2[CH]1[Hf+2]1([CH]2C(CCC)=Cc3c(-c4ccc(C(C)(C)C)cc4)cccc32)[CH]2CCCC[CH]21.[Cl-].[Cl-]. The molecule has 2 fully saturated rings. The number of hydrogen-bond acceptors (Lipinski definition) is 0. The van der Waals surface area contributed by atoms with E-state index in [0.717, 1.165) is 7.35 Å². The molecule has 0 aromatic heterocycles. The molecule has 1 heterocycles. The summed E-state index contributed by atoms with van der Waals surface area (Å²) in [6, 6.07) is 34.0. The third kappa shape index (κ3) is 6.86. The van der Waals surface area contributed by atoms with E-state index < -0.39 is 20.0 Å². The summed E-state index contributed by atoms with van der Waals surface area (Å²) < 4.78 is 3.45. The molecular formula is C50H60Cl2Hf. The molecule has 53 heavy (non-hydrogen) atoms. The van der Waals surface area contributed by atoms with Crippen molar-refractivity contribution in [3.05, 3.63) is 129 Å². The summed E-state index contributed by atoms with van der Waals surface area (Å²) in [6.07, 6.45) is 16.3. The standard InChI is InChI=1S/2C22H25.C6H10.2ClH.Hf/c2*1-5-7-16-14-18-8-6-9-20(21(18)15-16)17-10-12-19(13-11-17)22(2,3)4;1-2-4-6-5-3-1;;;/h2*6,8-15H,5,7H2,1-4H3;1-2H,3-6H2;2*1H;/q;;;;;+2/p-2. The molecule has 0 nitrogen and oxygen atoms in total. The van der Waals surface area contributed by atoms with Gasteiger partial charge in [0.1, 0.15) is 0 Å². The Balaban J connectivity index is 0.00000240. The van der Waals surface area contributed by atoms with E-state index in [4.69, 9.17) is 0 Å². The van der Waals surface area contributed by atoms with Gasteiger partial charge in [0, 0.05) is 0 Å². The molecule has 4 unspecified atom stereocenters. The van der Waals surface area contributed by atoms with E-state index in [2.05, 4.69) is 152 Å². The molecule has 4 aliphatic rings. The van der Waals surface area contributed by atoms with Crippen molar-refractivity contribution in [1.29, 1.82) is 0 Å². The van der Waals surface area contributed by atoms with Gasteiger partial charge in [-0.1, -0.05) is 0 Å². The molecule has 0 radical (unpaired) electrons. The van der Waals surface area contributed by atoms with E-state index in [1.165, 1.54) is 84.7 Å². The largest absolute Gasteiger partial charge is 1.00 e. The molecule has 4 aromatic rings. The van der Waals surface area contributed by atoms with E-state index in [1.807, 2.05) is 0 Å². The van der Waals surface area contributed by atoms with Gasteiger partial charge >= 0.3 is 316 Å². The Morgan fingerprint density at radius 3 is 1.25 bits per heavy atom. The molecule has 8 rings (SSSR count). The van der Waals surface area contributed by atoms with Crippen LogP contribution in [-0.2, 0) is 30.8 Å². The van der Waals surface area contributed by atoms with Crippen LogP contribution < -0.4 is 24.8 Å². The molecule has 3 aliphatic carbocycles. The number of rotatable bonds is 8.